The SMILES string of the molecule is CC(C)c1c(-c2ccc3c(c2)CCO3)nc2c(C#N)c[nH]n2c1=O. The van der Waals surface area contributed by atoms with Crippen LogP contribution >= 0.6 is 0 Å². The minimum Gasteiger partial charge on any atom is -0.493 e. The summed E-state index contributed by atoms with van der Waals surface area (Å²) in [4.78, 5) is 17.5. The van der Waals surface area contributed by atoms with Crippen LogP contribution in [-0.2, 0) is 6.42 Å². The molecule has 0 saturated carbocycles. The normalized spacial score (nSPS) is 13.1. The molecular weight excluding hydrogens is 304 g/mol. The number of fused-ring (bicyclic) bond motifs is 2. The van der Waals surface area contributed by atoms with Crippen LogP contribution in [0, 0.1) is 11.3 Å². The summed E-state index contributed by atoms with van der Waals surface area (Å²) in [6, 6.07) is 7.95. The number of nitrogens with one attached hydrogen (secondary N) is 1. The van der Waals surface area contributed by atoms with Gasteiger partial charge in [-0.15, -0.1) is 0 Å². The molecule has 0 radical (unpaired) electrons. The molecule has 0 saturated heterocycles. The second kappa shape index (κ2) is 5.24. The fourth-order valence-electron chi connectivity index (χ4n) is 3.18. The van der Waals surface area contributed by atoms with Crippen LogP contribution in [-0.4, -0.2) is 21.2 Å². The van der Waals surface area contributed by atoms with Gasteiger partial charge in [-0.3, -0.25) is 9.89 Å². The Labute approximate surface area is 138 Å². The molecule has 6 nitrogen and oxygen atoms in total. The molecule has 0 spiro atoms. The summed E-state index contributed by atoms with van der Waals surface area (Å²) in [5, 5.41) is 12.1. The number of benzene rings is 1. The largest absolute Gasteiger partial charge is 0.493 e. The van der Waals surface area contributed by atoms with Crippen LogP contribution in [0.4, 0.5) is 0 Å². The highest BCUT2D eigenvalue weighted by atomic mass is 16.5. The molecule has 1 aliphatic heterocycles. The molecule has 0 fully saturated rings. The number of aromatic nitrogens is 3. The van der Waals surface area contributed by atoms with Gasteiger partial charge in [-0.05, 0) is 29.7 Å². The van der Waals surface area contributed by atoms with Gasteiger partial charge in [0.2, 0.25) is 0 Å². The fraction of sp³-hybridized carbons (Fsp3) is 0.278. The zero-order valence-electron chi connectivity index (χ0n) is 13.5. The smallest absolute Gasteiger partial charge is 0.276 e. The summed E-state index contributed by atoms with van der Waals surface area (Å²) in [7, 11) is 0. The van der Waals surface area contributed by atoms with Gasteiger partial charge in [0, 0.05) is 23.7 Å². The van der Waals surface area contributed by atoms with Crippen molar-refractivity contribution >= 4 is 5.65 Å². The number of hydrogen-bond donors (Lipinski definition) is 1. The van der Waals surface area contributed by atoms with E-state index in [0.717, 1.165) is 23.3 Å². The van der Waals surface area contributed by atoms with Crippen LogP contribution in [0.3, 0.4) is 0 Å². The summed E-state index contributed by atoms with van der Waals surface area (Å²) in [5.41, 5.74) is 3.83. The van der Waals surface area contributed by atoms with Crippen LogP contribution in [0.2, 0.25) is 0 Å². The second-order valence-corrected chi connectivity index (χ2v) is 6.21. The molecule has 0 aliphatic carbocycles. The van der Waals surface area contributed by atoms with Crippen molar-refractivity contribution in [3.05, 3.63) is 51.4 Å². The lowest BCUT2D eigenvalue weighted by Gasteiger charge is -2.12. The van der Waals surface area contributed by atoms with Crippen LogP contribution in [0.1, 0.15) is 36.5 Å². The standard InChI is InChI=1S/C18H16N4O2/c1-10(2)15-16(12-3-4-14-11(7-12)5-6-24-14)21-17-13(8-19)9-20-22(17)18(15)23/h3-4,7,9-10,20H,5-6H2,1-2H3. The number of nitrogens with zero attached hydrogens (tertiary/aromatic N) is 3. The number of H-pyrrole nitrogens is 1. The van der Waals surface area contributed by atoms with Crippen LogP contribution in [0.15, 0.2) is 29.2 Å². The quantitative estimate of drug-likeness (QED) is 0.787. The van der Waals surface area contributed by atoms with Crippen LogP contribution in [0.25, 0.3) is 16.9 Å². The van der Waals surface area contributed by atoms with E-state index in [9.17, 15) is 10.1 Å². The highest BCUT2D eigenvalue weighted by molar-refractivity contribution is 5.69. The number of ether oxygens (including phenoxy) is 1. The molecule has 120 valence electrons. The molecule has 1 aliphatic rings. The zero-order valence-corrected chi connectivity index (χ0v) is 13.5. The van der Waals surface area contributed by atoms with Crippen molar-refractivity contribution in [3.8, 4) is 23.1 Å². The fourth-order valence-corrected chi connectivity index (χ4v) is 3.18. The monoisotopic (exact) mass is 320 g/mol. The Morgan fingerprint density at radius 2 is 2.25 bits per heavy atom. The lowest BCUT2D eigenvalue weighted by Crippen LogP contribution is -2.22. The van der Waals surface area contributed by atoms with Gasteiger partial charge in [0.25, 0.3) is 5.56 Å². The molecule has 1 N–H and O–H groups in total. The van der Waals surface area contributed by atoms with E-state index < -0.39 is 0 Å². The van der Waals surface area contributed by atoms with Crippen molar-refractivity contribution in [2.75, 3.05) is 6.61 Å². The summed E-state index contributed by atoms with van der Waals surface area (Å²) >= 11 is 0. The number of aromatic amines is 1. The molecule has 0 bridgehead atoms. The Morgan fingerprint density at radius 3 is 3.00 bits per heavy atom. The van der Waals surface area contributed by atoms with Crippen LogP contribution in [0.5, 0.6) is 5.75 Å². The van der Waals surface area contributed by atoms with Crippen molar-refractivity contribution in [1.29, 1.82) is 5.26 Å². The minimum absolute atomic E-state index is 0.00948. The van der Waals surface area contributed by atoms with Gasteiger partial charge in [-0.25, -0.2) is 9.50 Å². The highest BCUT2D eigenvalue weighted by Gasteiger charge is 2.21. The third-order valence-corrected chi connectivity index (χ3v) is 4.36. The van der Waals surface area contributed by atoms with Crippen LogP contribution < -0.4 is 10.3 Å². The Hall–Kier alpha value is -3.07. The molecule has 3 heterocycles. The molecule has 6 heteroatoms. The van der Waals surface area contributed by atoms with Gasteiger partial charge < -0.3 is 4.74 Å². The van der Waals surface area contributed by atoms with E-state index in [2.05, 4.69) is 16.2 Å². The third-order valence-electron chi connectivity index (χ3n) is 4.36. The van der Waals surface area contributed by atoms with Crippen molar-refractivity contribution < 1.29 is 4.74 Å². The van der Waals surface area contributed by atoms with Gasteiger partial charge in [0.15, 0.2) is 5.65 Å². The van der Waals surface area contributed by atoms with Crippen molar-refractivity contribution in [2.24, 2.45) is 0 Å². The maximum absolute atomic E-state index is 12.9. The number of nitriles is 1. The summed E-state index contributed by atoms with van der Waals surface area (Å²) in [5.74, 6) is 0.900. The zero-order chi connectivity index (χ0) is 16.8. The summed E-state index contributed by atoms with van der Waals surface area (Å²) < 4.78 is 6.89. The molecule has 24 heavy (non-hydrogen) atoms. The number of rotatable bonds is 2. The van der Waals surface area contributed by atoms with Crippen molar-refractivity contribution in [1.82, 2.24) is 14.6 Å². The summed E-state index contributed by atoms with van der Waals surface area (Å²) in [6.07, 6.45) is 2.36. The predicted molar refractivity (Wildman–Crippen MR) is 89.3 cm³/mol. The van der Waals surface area contributed by atoms with E-state index in [1.54, 1.807) is 0 Å². The average molecular weight is 320 g/mol. The molecule has 0 amide bonds. The predicted octanol–water partition coefficient (Wildman–Crippen LogP) is 2.62. The maximum atomic E-state index is 12.9. The first kappa shape index (κ1) is 14.5. The summed E-state index contributed by atoms with van der Waals surface area (Å²) in [6.45, 7) is 4.62. The molecule has 0 unspecified atom stereocenters. The van der Waals surface area contributed by atoms with Crippen molar-refractivity contribution in [3.63, 3.8) is 0 Å². The first-order valence-electron chi connectivity index (χ1n) is 7.90. The van der Waals surface area contributed by atoms with E-state index in [-0.39, 0.29) is 11.5 Å². The lowest BCUT2D eigenvalue weighted by atomic mass is 9.96. The Balaban J connectivity index is 2.05. The second-order valence-electron chi connectivity index (χ2n) is 6.21. The highest BCUT2D eigenvalue weighted by Crippen LogP contribution is 2.32. The molecule has 0 atom stereocenters. The first-order chi connectivity index (χ1) is 11.6. The first-order valence-corrected chi connectivity index (χ1v) is 7.90. The van der Waals surface area contributed by atoms with Crippen molar-refractivity contribution in [2.45, 2.75) is 26.2 Å². The molecule has 1 aromatic carbocycles. The molecule has 3 aromatic rings. The van der Waals surface area contributed by atoms with E-state index in [1.807, 2.05) is 32.0 Å². The van der Waals surface area contributed by atoms with E-state index in [4.69, 9.17) is 4.74 Å². The van der Waals surface area contributed by atoms with Gasteiger partial charge in [-0.2, -0.15) is 5.26 Å². The van der Waals surface area contributed by atoms with Gasteiger partial charge in [-0.1, -0.05) is 13.8 Å². The Bertz CT molecular complexity index is 1050. The van der Waals surface area contributed by atoms with Gasteiger partial charge >= 0.3 is 0 Å². The van der Waals surface area contributed by atoms with E-state index in [0.29, 0.717) is 29.1 Å². The van der Waals surface area contributed by atoms with Gasteiger partial charge in [0.1, 0.15) is 17.4 Å². The van der Waals surface area contributed by atoms with Gasteiger partial charge in [0.05, 0.1) is 12.3 Å². The maximum Gasteiger partial charge on any atom is 0.276 e. The topological polar surface area (TPSA) is 83.2 Å². The third kappa shape index (κ3) is 2.02. The van der Waals surface area contributed by atoms with E-state index in [1.165, 1.54) is 10.7 Å². The average Bonchev–Trinajstić information content (AvgIpc) is 3.19. The Morgan fingerprint density at radius 1 is 1.42 bits per heavy atom. The molecular formula is C18H16N4O2. The van der Waals surface area contributed by atoms with E-state index >= 15 is 0 Å². The minimum atomic E-state index is -0.164. The Kier molecular flexibility index (Phi) is 3.17. The lowest BCUT2D eigenvalue weighted by molar-refractivity contribution is 0.357. The molecule has 2 aromatic heterocycles. The molecule has 4 rings (SSSR count). The number of hydrogen-bond acceptors (Lipinski definition) is 4.